The predicted molar refractivity (Wildman–Crippen MR) is 112 cm³/mol. The van der Waals surface area contributed by atoms with Crippen molar-refractivity contribution in [2.45, 2.75) is 5.16 Å². The molecule has 0 N–H and O–H groups in total. The van der Waals surface area contributed by atoms with Gasteiger partial charge in [-0.15, -0.1) is 10.2 Å². The molecule has 2 aromatic carbocycles. The maximum absolute atomic E-state index is 14.6. The Bertz CT molecular complexity index is 1000. The molecule has 0 radical (unpaired) electrons. The number of rotatable bonds is 8. The zero-order valence-electron chi connectivity index (χ0n) is 16.1. The molecule has 152 valence electrons. The van der Waals surface area contributed by atoms with E-state index in [4.69, 9.17) is 25.8 Å². The molecule has 0 amide bonds. The van der Waals surface area contributed by atoms with Crippen molar-refractivity contribution in [2.75, 3.05) is 27.1 Å². The van der Waals surface area contributed by atoms with Gasteiger partial charge in [0.25, 0.3) is 0 Å². The van der Waals surface area contributed by atoms with Crippen LogP contribution in [0.15, 0.2) is 53.2 Å². The SMILES string of the molecule is COc1cc(-c2nnc(SC/C=C/Cl)n2-c2ccccc2F)cc(OC)c1OC. The van der Waals surface area contributed by atoms with Crippen molar-refractivity contribution in [3.63, 3.8) is 0 Å². The van der Waals surface area contributed by atoms with E-state index in [0.29, 0.717) is 45.2 Å². The Morgan fingerprint density at radius 3 is 2.34 bits per heavy atom. The van der Waals surface area contributed by atoms with Crippen LogP contribution in [-0.4, -0.2) is 41.8 Å². The largest absolute Gasteiger partial charge is 0.493 e. The van der Waals surface area contributed by atoms with E-state index in [2.05, 4.69) is 10.2 Å². The van der Waals surface area contributed by atoms with E-state index in [-0.39, 0.29) is 0 Å². The highest BCUT2D eigenvalue weighted by atomic mass is 35.5. The van der Waals surface area contributed by atoms with Gasteiger partial charge in [-0.3, -0.25) is 4.57 Å². The molecule has 0 fully saturated rings. The molecule has 0 unspecified atom stereocenters. The highest BCUT2D eigenvalue weighted by Crippen LogP contribution is 2.41. The third-order valence-electron chi connectivity index (χ3n) is 4.05. The Morgan fingerprint density at radius 2 is 1.76 bits per heavy atom. The first kappa shape index (κ1) is 21.0. The molecule has 6 nitrogen and oxygen atoms in total. The number of hydrogen-bond donors (Lipinski definition) is 0. The van der Waals surface area contributed by atoms with Crippen LogP contribution >= 0.6 is 23.4 Å². The van der Waals surface area contributed by atoms with Crippen LogP contribution in [0.1, 0.15) is 0 Å². The number of halogens is 2. The fourth-order valence-electron chi connectivity index (χ4n) is 2.77. The van der Waals surface area contributed by atoms with Gasteiger partial charge >= 0.3 is 0 Å². The topological polar surface area (TPSA) is 58.4 Å². The molecule has 29 heavy (non-hydrogen) atoms. The third kappa shape index (κ3) is 4.33. The average molecular weight is 436 g/mol. The first-order chi connectivity index (χ1) is 14.1. The van der Waals surface area contributed by atoms with Gasteiger partial charge in [0.1, 0.15) is 5.82 Å². The summed E-state index contributed by atoms with van der Waals surface area (Å²) in [7, 11) is 4.59. The van der Waals surface area contributed by atoms with Crippen LogP contribution in [0, 0.1) is 5.82 Å². The number of thioether (sulfide) groups is 1. The Labute approximate surface area is 177 Å². The first-order valence-corrected chi connectivity index (χ1v) is 9.95. The minimum atomic E-state index is -0.393. The number of methoxy groups -OCH3 is 3. The fourth-order valence-corrected chi connectivity index (χ4v) is 3.72. The number of nitrogens with zero attached hydrogens (tertiary/aromatic N) is 3. The summed E-state index contributed by atoms with van der Waals surface area (Å²) < 4.78 is 32.5. The fraction of sp³-hybridized carbons (Fsp3) is 0.200. The summed E-state index contributed by atoms with van der Waals surface area (Å²) in [6.07, 6.45) is 1.77. The molecule has 0 spiro atoms. The lowest BCUT2D eigenvalue weighted by Crippen LogP contribution is -2.03. The van der Waals surface area contributed by atoms with E-state index in [1.54, 1.807) is 41.0 Å². The van der Waals surface area contributed by atoms with Gasteiger partial charge in [-0.2, -0.15) is 0 Å². The lowest BCUT2D eigenvalue weighted by atomic mass is 10.1. The lowest BCUT2D eigenvalue weighted by Gasteiger charge is -2.15. The van der Waals surface area contributed by atoms with E-state index in [1.165, 1.54) is 44.7 Å². The molecule has 0 atom stereocenters. The molecule has 1 aromatic heterocycles. The van der Waals surface area contributed by atoms with Crippen LogP contribution in [0.3, 0.4) is 0 Å². The maximum Gasteiger partial charge on any atom is 0.203 e. The number of aromatic nitrogens is 3. The van der Waals surface area contributed by atoms with Crippen molar-refractivity contribution in [1.29, 1.82) is 0 Å². The molecule has 9 heteroatoms. The zero-order chi connectivity index (χ0) is 20.8. The summed E-state index contributed by atoms with van der Waals surface area (Å²) >= 11 is 6.99. The van der Waals surface area contributed by atoms with Crippen LogP contribution < -0.4 is 14.2 Å². The Balaban J connectivity index is 2.21. The minimum Gasteiger partial charge on any atom is -0.493 e. The third-order valence-corrected chi connectivity index (χ3v) is 5.11. The van der Waals surface area contributed by atoms with Gasteiger partial charge in [-0.05, 0) is 24.3 Å². The van der Waals surface area contributed by atoms with Crippen molar-refractivity contribution < 1.29 is 18.6 Å². The molecule has 1 heterocycles. The maximum atomic E-state index is 14.6. The van der Waals surface area contributed by atoms with Crippen LogP contribution in [0.25, 0.3) is 17.1 Å². The number of benzene rings is 2. The highest BCUT2D eigenvalue weighted by Gasteiger charge is 2.22. The Morgan fingerprint density at radius 1 is 1.07 bits per heavy atom. The lowest BCUT2D eigenvalue weighted by molar-refractivity contribution is 0.324. The number of ether oxygens (including phenoxy) is 3. The van der Waals surface area contributed by atoms with Crippen molar-refractivity contribution in [3.05, 3.63) is 53.8 Å². The Hall–Kier alpha value is -2.71. The second-order valence-electron chi connectivity index (χ2n) is 5.68. The van der Waals surface area contributed by atoms with Crippen LogP contribution in [0.2, 0.25) is 0 Å². The molecular formula is C20H19ClFN3O3S. The van der Waals surface area contributed by atoms with Gasteiger partial charge in [0.2, 0.25) is 5.75 Å². The normalized spacial score (nSPS) is 11.1. The van der Waals surface area contributed by atoms with Crippen molar-refractivity contribution >= 4 is 23.4 Å². The molecule has 0 aliphatic heterocycles. The molecule has 0 saturated carbocycles. The van der Waals surface area contributed by atoms with Gasteiger partial charge in [-0.25, -0.2) is 4.39 Å². The van der Waals surface area contributed by atoms with Gasteiger partial charge in [0, 0.05) is 16.9 Å². The van der Waals surface area contributed by atoms with Crippen molar-refractivity contribution in [2.24, 2.45) is 0 Å². The van der Waals surface area contributed by atoms with Gasteiger partial charge < -0.3 is 14.2 Å². The molecule has 0 aliphatic rings. The molecule has 0 aliphatic carbocycles. The van der Waals surface area contributed by atoms with Crippen LogP contribution in [0.4, 0.5) is 4.39 Å². The second kappa shape index (κ2) is 9.67. The molecule has 0 saturated heterocycles. The summed E-state index contributed by atoms with van der Waals surface area (Å²) in [5.41, 5.74) is 2.39. The van der Waals surface area contributed by atoms with Crippen LogP contribution in [0.5, 0.6) is 17.2 Å². The summed E-state index contributed by atoms with van der Waals surface area (Å²) in [4.78, 5) is 0. The van der Waals surface area contributed by atoms with Crippen molar-refractivity contribution in [1.82, 2.24) is 14.8 Å². The summed E-state index contributed by atoms with van der Waals surface area (Å²) in [5.74, 6) is 1.99. The Kier molecular flexibility index (Phi) is 7.00. The second-order valence-corrected chi connectivity index (χ2v) is 6.92. The quantitative estimate of drug-likeness (QED) is 0.467. The predicted octanol–water partition coefficient (Wildman–Crippen LogP) is 4.94. The monoisotopic (exact) mass is 435 g/mol. The molecular weight excluding hydrogens is 417 g/mol. The van der Waals surface area contributed by atoms with E-state index < -0.39 is 5.82 Å². The van der Waals surface area contributed by atoms with Gasteiger partial charge in [0.15, 0.2) is 22.5 Å². The van der Waals surface area contributed by atoms with E-state index in [1.807, 2.05) is 0 Å². The summed E-state index contributed by atoms with van der Waals surface area (Å²) in [6.45, 7) is 0. The smallest absolute Gasteiger partial charge is 0.203 e. The summed E-state index contributed by atoms with van der Waals surface area (Å²) in [5, 5.41) is 9.08. The minimum absolute atomic E-state index is 0.332. The number of para-hydroxylation sites is 1. The summed E-state index contributed by atoms with van der Waals surface area (Å²) in [6, 6.07) is 9.94. The highest BCUT2D eigenvalue weighted by molar-refractivity contribution is 7.99. The standard InChI is InChI=1S/C20H19ClFN3O3S/c1-26-16-11-13(12-17(27-2)18(16)28-3)19-23-24-20(29-10-6-9-21)25(19)15-8-5-4-7-14(15)22/h4-9,11-12H,10H2,1-3H3/b9-6+. The first-order valence-electron chi connectivity index (χ1n) is 8.53. The van der Waals surface area contributed by atoms with Gasteiger partial charge in [-0.1, -0.05) is 41.6 Å². The van der Waals surface area contributed by atoms with Gasteiger partial charge in [0.05, 0.1) is 27.0 Å². The number of hydrogen-bond acceptors (Lipinski definition) is 6. The molecule has 3 rings (SSSR count). The van der Waals surface area contributed by atoms with Crippen molar-refractivity contribution in [3.8, 4) is 34.3 Å². The van der Waals surface area contributed by atoms with E-state index in [9.17, 15) is 4.39 Å². The molecule has 0 bridgehead atoms. The van der Waals surface area contributed by atoms with E-state index in [0.717, 1.165) is 0 Å². The average Bonchev–Trinajstić information content (AvgIpc) is 3.16. The van der Waals surface area contributed by atoms with Crippen LogP contribution in [-0.2, 0) is 0 Å². The molecule has 3 aromatic rings. The zero-order valence-corrected chi connectivity index (χ0v) is 17.6. The van der Waals surface area contributed by atoms with E-state index >= 15 is 0 Å².